The van der Waals surface area contributed by atoms with Gasteiger partial charge < -0.3 is 5.73 Å². The van der Waals surface area contributed by atoms with Crippen molar-refractivity contribution in [3.05, 3.63) is 35.0 Å². The maximum Gasteiger partial charge on any atom is 0.180 e. The lowest BCUT2D eigenvalue weighted by atomic mass is 10.2. The zero-order valence-electron chi connectivity index (χ0n) is 11.7. The minimum Gasteiger partial charge on any atom is -0.381 e. The predicted octanol–water partition coefficient (Wildman–Crippen LogP) is 1.94. The number of hydrogen-bond donors (Lipinski definition) is 1. The van der Waals surface area contributed by atoms with Crippen molar-refractivity contribution in [3.63, 3.8) is 0 Å². The number of sulfone groups is 1. The number of nitrogens with zero attached hydrogens (tertiary/aromatic N) is 3. The highest BCUT2D eigenvalue weighted by Gasteiger charge is 2.17. The first-order chi connectivity index (χ1) is 9.94. The van der Waals surface area contributed by atoms with Crippen LogP contribution in [0.1, 0.15) is 19.0 Å². The molecule has 0 amide bonds. The lowest BCUT2D eigenvalue weighted by Gasteiger charge is -2.07. The Morgan fingerprint density at radius 2 is 1.95 bits per heavy atom. The van der Waals surface area contributed by atoms with Crippen molar-refractivity contribution in [2.24, 2.45) is 0 Å². The van der Waals surface area contributed by atoms with Gasteiger partial charge in [-0.05, 0) is 30.7 Å². The number of benzene rings is 1. The molecule has 0 saturated heterocycles. The summed E-state index contributed by atoms with van der Waals surface area (Å²) in [5.41, 5.74) is 6.52. The van der Waals surface area contributed by atoms with E-state index < -0.39 is 9.84 Å². The Hall–Kier alpha value is -1.60. The maximum absolute atomic E-state index is 12.3. The minimum atomic E-state index is -3.39. The molecule has 0 atom stereocenters. The van der Waals surface area contributed by atoms with E-state index in [1.165, 1.54) is 12.1 Å². The number of nitrogen functional groups attached to an aromatic ring is 1. The van der Waals surface area contributed by atoms with Gasteiger partial charge in [0.15, 0.2) is 15.7 Å². The minimum absolute atomic E-state index is 0.0614. The summed E-state index contributed by atoms with van der Waals surface area (Å²) in [5, 5.41) is 8.20. The fourth-order valence-electron chi connectivity index (χ4n) is 1.99. The van der Waals surface area contributed by atoms with Gasteiger partial charge in [0.2, 0.25) is 0 Å². The largest absolute Gasteiger partial charge is 0.381 e. The number of anilines is 1. The molecule has 1 aromatic heterocycles. The molecule has 0 fully saturated rings. The molecule has 0 aliphatic carbocycles. The molecule has 0 spiro atoms. The second-order valence-electron chi connectivity index (χ2n) is 4.67. The first-order valence-corrected chi connectivity index (χ1v) is 8.63. The molecule has 8 heteroatoms. The first-order valence-electron chi connectivity index (χ1n) is 6.60. The van der Waals surface area contributed by atoms with Gasteiger partial charge in [-0.2, -0.15) is 0 Å². The third-order valence-corrected chi connectivity index (χ3v) is 5.06. The Morgan fingerprint density at radius 3 is 2.57 bits per heavy atom. The van der Waals surface area contributed by atoms with Crippen molar-refractivity contribution in [3.8, 4) is 0 Å². The molecule has 114 valence electrons. The van der Waals surface area contributed by atoms with E-state index in [2.05, 4.69) is 10.3 Å². The maximum atomic E-state index is 12.3. The molecule has 2 N–H and O–H groups in total. The van der Waals surface area contributed by atoms with Crippen molar-refractivity contribution >= 4 is 27.3 Å². The van der Waals surface area contributed by atoms with Crippen LogP contribution in [0.4, 0.5) is 5.82 Å². The number of halogens is 1. The summed E-state index contributed by atoms with van der Waals surface area (Å²) in [7, 11) is -3.39. The van der Waals surface area contributed by atoms with E-state index in [4.69, 9.17) is 17.3 Å². The molecule has 0 saturated carbocycles. The lowest BCUT2D eigenvalue weighted by Crippen LogP contribution is -2.16. The van der Waals surface area contributed by atoms with Gasteiger partial charge in [-0.15, -0.1) is 5.10 Å². The molecule has 2 rings (SSSR count). The molecule has 0 radical (unpaired) electrons. The Balaban J connectivity index is 2.13. The lowest BCUT2D eigenvalue weighted by molar-refractivity contribution is 0.564. The van der Waals surface area contributed by atoms with E-state index in [0.717, 1.165) is 18.5 Å². The van der Waals surface area contributed by atoms with Crippen molar-refractivity contribution in [1.82, 2.24) is 15.0 Å². The molecule has 0 aliphatic heterocycles. The van der Waals surface area contributed by atoms with Gasteiger partial charge in [0, 0.05) is 5.02 Å². The molecule has 0 aliphatic rings. The SMILES string of the molecule is CCCc1c(N)nnn1CCS(=O)(=O)c1ccc(Cl)cc1. The number of rotatable bonds is 6. The van der Waals surface area contributed by atoms with E-state index in [1.807, 2.05) is 6.92 Å². The summed E-state index contributed by atoms with van der Waals surface area (Å²) in [5.74, 6) is 0.300. The van der Waals surface area contributed by atoms with Crippen LogP contribution in [0.5, 0.6) is 0 Å². The molecule has 2 aromatic rings. The van der Waals surface area contributed by atoms with Gasteiger partial charge in [-0.3, -0.25) is 0 Å². The summed E-state index contributed by atoms with van der Waals surface area (Å²) >= 11 is 5.76. The third kappa shape index (κ3) is 3.74. The molecule has 6 nitrogen and oxygen atoms in total. The summed E-state index contributed by atoms with van der Waals surface area (Å²) in [4.78, 5) is 0.247. The monoisotopic (exact) mass is 328 g/mol. The van der Waals surface area contributed by atoms with Crippen LogP contribution in [0.15, 0.2) is 29.2 Å². The van der Waals surface area contributed by atoms with Crippen LogP contribution < -0.4 is 5.73 Å². The summed E-state index contributed by atoms with van der Waals surface area (Å²) in [6, 6.07) is 6.12. The first kappa shape index (κ1) is 15.8. The highest BCUT2D eigenvalue weighted by atomic mass is 35.5. The molecule has 21 heavy (non-hydrogen) atoms. The van der Waals surface area contributed by atoms with E-state index in [-0.39, 0.29) is 17.2 Å². The summed E-state index contributed by atoms with van der Waals surface area (Å²) in [6.07, 6.45) is 1.61. The standard InChI is InChI=1S/C13H17ClN4O2S/c1-2-3-12-13(15)16-17-18(12)8-9-21(19,20)11-6-4-10(14)5-7-11/h4-7H,2-3,8-9,15H2,1H3. The Kier molecular flexibility index (Phi) is 4.84. The van der Waals surface area contributed by atoms with Crippen molar-refractivity contribution in [2.45, 2.75) is 31.2 Å². The Labute approximate surface area is 128 Å². The fraction of sp³-hybridized carbons (Fsp3) is 0.385. The predicted molar refractivity (Wildman–Crippen MR) is 81.9 cm³/mol. The molecule has 0 unspecified atom stereocenters. The average Bonchev–Trinajstić information content (AvgIpc) is 2.79. The summed E-state index contributed by atoms with van der Waals surface area (Å²) in [6.45, 7) is 2.24. The highest BCUT2D eigenvalue weighted by molar-refractivity contribution is 7.91. The zero-order valence-corrected chi connectivity index (χ0v) is 13.2. The quantitative estimate of drug-likeness (QED) is 0.875. The molecular weight excluding hydrogens is 312 g/mol. The smallest absolute Gasteiger partial charge is 0.180 e. The second-order valence-corrected chi connectivity index (χ2v) is 7.21. The van der Waals surface area contributed by atoms with Crippen LogP contribution in [-0.2, 0) is 22.8 Å². The highest BCUT2D eigenvalue weighted by Crippen LogP contribution is 2.16. The topological polar surface area (TPSA) is 90.9 Å². The van der Waals surface area contributed by atoms with Gasteiger partial charge in [0.25, 0.3) is 0 Å². The van der Waals surface area contributed by atoms with Gasteiger partial charge in [0.05, 0.1) is 22.9 Å². The van der Waals surface area contributed by atoms with Crippen molar-refractivity contribution in [2.75, 3.05) is 11.5 Å². The number of nitrogens with two attached hydrogens (primary N) is 1. The van der Waals surface area contributed by atoms with Crippen LogP contribution in [-0.4, -0.2) is 29.2 Å². The van der Waals surface area contributed by atoms with E-state index in [0.29, 0.717) is 10.8 Å². The van der Waals surface area contributed by atoms with Crippen molar-refractivity contribution in [1.29, 1.82) is 0 Å². The number of aromatic nitrogens is 3. The van der Waals surface area contributed by atoms with E-state index in [9.17, 15) is 8.42 Å². The molecule has 1 heterocycles. The van der Waals surface area contributed by atoms with Gasteiger partial charge in [-0.1, -0.05) is 30.2 Å². The fourth-order valence-corrected chi connectivity index (χ4v) is 3.31. The van der Waals surface area contributed by atoms with Crippen molar-refractivity contribution < 1.29 is 8.42 Å². The molecular formula is C13H17ClN4O2S. The molecule has 1 aromatic carbocycles. The van der Waals surface area contributed by atoms with Gasteiger partial charge in [-0.25, -0.2) is 13.1 Å². The van der Waals surface area contributed by atoms with Crippen LogP contribution in [0.25, 0.3) is 0 Å². The molecule has 0 bridgehead atoms. The Bertz CT molecular complexity index is 710. The van der Waals surface area contributed by atoms with E-state index >= 15 is 0 Å². The second kappa shape index (κ2) is 6.44. The average molecular weight is 329 g/mol. The van der Waals surface area contributed by atoms with Crippen LogP contribution in [0, 0.1) is 0 Å². The van der Waals surface area contributed by atoms with Gasteiger partial charge >= 0.3 is 0 Å². The number of hydrogen-bond acceptors (Lipinski definition) is 5. The third-order valence-electron chi connectivity index (χ3n) is 3.10. The van der Waals surface area contributed by atoms with Crippen LogP contribution in [0.2, 0.25) is 5.02 Å². The van der Waals surface area contributed by atoms with Crippen LogP contribution in [0.3, 0.4) is 0 Å². The summed E-state index contributed by atoms with van der Waals surface area (Å²) < 4.78 is 26.1. The van der Waals surface area contributed by atoms with E-state index in [1.54, 1.807) is 16.8 Å². The van der Waals surface area contributed by atoms with Crippen LogP contribution >= 0.6 is 11.6 Å². The van der Waals surface area contributed by atoms with Gasteiger partial charge in [0.1, 0.15) is 0 Å². The number of aryl methyl sites for hydroxylation is 1. The Morgan fingerprint density at radius 1 is 1.29 bits per heavy atom. The normalized spacial score (nSPS) is 11.7. The zero-order chi connectivity index (χ0) is 15.5.